The van der Waals surface area contributed by atoms with E-state index in [4.69, 9.17) is 5.26 Å². The maximum atomic E-state index is 11.1. The third kappa shape index (κ3) is 2.80. The molecule has 0 bridgehead atoms. The first-order valence-electron chi connectivity index (χ1n) is 4.34. The molecule has 3 nitrogen and oxygen atoms in total. The number of hydrogen-bond donors (Lipinski definition) is 0. The maximum absolute atomic E-state index is 11.1. The first-order valence-corrected chi connectivity index (χ1v) is 5.13. The lowest BCUT2D eigenvalue weighted by Crippen LogP contribution is -2.06. The summed E-state index contributed by atoms with van der Waals surface area (Å²) < 4.78 is 5.38. The van der Waals surface area contributed by atoms with E-state index in [2.05, 4.69) is 26.7 Å². The Balaban J connectivity index is 3.13. The standard InChI is InChI=1S/C11H10BrNO2/c1-7-8(5-11(14)15-2)3-10(12)4-9(7)6-13/h3-4H,5H2,1-2H3. The average molecular weight is 268 g/mol. The van der Waals surface area contributed by atoms with E-state index in [1.54, 1.807) is 6.07 Å². The molecule has 0 aliphatic heterocycles. The molecule has 1 aromatic carbocycles. The van der Waals surface area contributed by atoms with Crippen LogP contribution in [0.1, 0.15) is 16.7 Å². The van der Waals surface area contributed by atoms with Gasteiger partial charge in [-0.2, -0.15) is 5.26 Å². The van der Waals surface area contributed by atoms with Crippen molar-refractivity contribution in [2.75, 3.05) is 7.11 Å². The first kappa shape index (κ1) is 11.7. The Bertz CT molecular complexity index is 435. The monoisotopic (exact) mass is 267 g/mol. The van der Waals surface area contributed by atoms with Crippen LogP contribution in [0.15, 0.2) is 16.6 Å². The van der Waals surface area contributed by atoms with Gasteiger partial charge in [0.15, 0.2) is 0 Å². The fourth-order valence-electron chi connectivity index (χ4n) is 1.26. The fourth-order valence-corrected chi connectivity index (χ4v) is 1.77. The summed E-state index contributed by atoms with van der Waals surface area (Å²) in [6.07, 6.45) is 0.191. The van der Waals surface area contributed by atoms with Crippen LogP contribution in [0.4, 0.5) is 0 Å². The molecule has 1 aromatic rings. The van der Waals surface area contributed by atoms with E-state index in [0.717, 1.165) is 15.6 Å². The van der Waals surface area contributed by atoms with Crippen LogP contribution in [0.25, 0.3) is 0 Å². The van der Waals surface area contributed by atoms with E-state index in [1.165, 1.54) is 7.11 Å². The van der Waals surface area contributed by atoms with Crippen molar-refractivity contribution in [2.45, 2.75) is 13.3 Å². The Hall–Kier alpha value is -1.34. The summed E-state index contributed by atoms with van der Waals surface area (Å²) in [4.78, 5) is 11.1. The van der Waals surface area contributed by atoms with E-state index < -0.39 is 0 Å². The molecule has 0 radical (unpaired) electrons. The molecule has 15 heavy (non-hydrogen) atoms. The molecule has 0 heterocycles. The number of esters is 1. The summed E-state index contributed by atoms with van der Waals surface area (Å²) in [6, 6.07) is 5.64. The number of halogens is 1. The predicted molar refractivity (Wildman–Crippen MR) is 59.3 cm³/mol. The van der Waals surface area contributed by atoms with Crippen molar-refractivity contribution in [1.29, 1.82) is 5.26 Å². The zero-order valence-corrected chi connectivity index (χ0v) is 10.1. The van der Waals surface area contributed by atoms with Crippen LogP contribution in [0.2, 0.25) is 0 Å². The van der Waals surface area contributed by atoms with Gasteiger partial charge < -0.3 is 4.74 Å². The number of rotatable bonds is 2. The second kappa shape index (κ2) is 4.94. The van der Waals surface area contributed by atoms with Crippen LogP contribution >= 0.6 is 15.9 Å². The predicted octanol–water partition coefficient (Wildman–Crippen LogP) is 2.34. The molecule has 0 aliphatic carbocycles. The summed E-state index contributed by atoms with van der Waals surface area (Å²) in [5.41, 5.74) is 2.21. The molecule has 0 unspecified atom stereocenters. The molecule has 0 aliphatic rings. The highest BCUT2D eigenvalue weighted by atomic mass is 79.9. The fraction of sp³-hybridized carbons (Fsp3) is 0.273. The summed E-state index contributed by atoms with van der Waals surface area (Å²) in [5, 5.41) is 8.87. The number of hydrogen-bond acceptors (Lipinski definition) is 3. The minimum Gasteiger partial charge on any atom is -0.469 e. The van der Waals surface area contributed by atoms with Crippen molar-refractivity contribution < 1.29 is 9.53 Å². The van der Waals surface area contributed by atoms with E-state index in [-0.39, 0.29) is 12.4 Å². The number of benzene rings is 1. The van der Waals surface area contributed by atoms with Crippen LogP contribution in [-0.2, 0) is 16.0 Å². The number of nitrogens with zero attached hydrogens (tertiary/aromatic N) is 1. The molecule has 0 saturated carbocycles. The zero-order chi connectivity index (χ0) is 11.4. The van der Waals surface area contributed by atoms with E-state index in [1.807, 2.05) is 13.0 Å². The molecule has 0 N–H and O–H groups in total. The van der Waals surface area contributed by atoms with Gasteiger partial charge in [0.05, 0.1) is 25.2 Å². The van der Waals surface area contributed by atoms with Crippen LogP contribution in [0, 0.1) is 18.3 Å². The van der Waals surface area contributed by atoms with Crippen molar-refractivity contribution >= 4 is 21.9 Å². The Morgan fingerprint density at radius 1 is 1.60 bits per heavy atom. The molecule has 1 rings (SSSR count). The Kier molecular flexibility index (Phi) is 3.87. The molecule has 78 valence electrons. The number of nitriles is 1. The molecule has 0 amide bonds. The van der Waals surface area contributed by atoms with Gasteiger partial charge in [0, 0.05) is 4.47 Å². The second-order valence-electron chi connectivity index (χ2n) is 3.10. The largest absolute Gasteiger partial charge is 0.469 e. The van der Waals surface area contributed by atoms with Gasteiger partial charge >= 0.3 is 5.97 Å². The van der Waals surface area contributed by atoms with Gasteiger partial charge in [-0.15, -0.1) is 0 Å². The Labute approximate surface area is 96.8 Å². The average Bonchev–Trinajstić information content (AvgIpc) is 2.22. The van der Waals surface area contributed by atoms with E-state index in [0.29, 0.717) is 5.56 Å². The maximum Gasteiger partial charge on any atom is 0.309 e. The topological polar surface area (TPSA) is 50.1 Å². The molecule has 0 fully saturated rings. The van der Waals surface area contributed by atoms with E-state index >= 15 is 0 Å². The molecule has 0 atom stereocenters. The molecule has 0 aromatic heterocycles. The highest BCUT2D eigenvalue weighted by Crippen LogP contribution is 2.21. The summed E-state index contributed by atoms with van der Waals surface area (Å²) >= 11 is 3.30. The van der Waals surface area contributed by atoms with Crippen LogP contribution in [-0.4, -0.2) is 13.1 Å². The van der Waals surface area contributed by atoms with Crippen LogP contribution < -0.4 is 0 Å². The SMILES string of the molecule is COC(=O)Cc1cc(Br)cc(C#N)c1C. The van der Waals surface area contributed by atoms with Gasteiger partial charge in [-0.1, -0.05) is 15.9 Å². The second-order valence-corrected chi connectivity index (χ2v) is 4.02. The van der Waals surface area contributed by atoms with Gasteiger partial charge in [-0.25, -0.2) is 0 Å². The first-order chi connectivity index (χ1) is 7.08. The number of methoxy groups -OCH3 is 1. The summed E-state index contributed by atoms with van der Waals surface area (Å²) in [6.45, 7) is 1.82. The minimum atomic E-state index is -0.305. The Morgan fingerprint density at radius 2 is 2.27 bits per heavy atom. The van der Waals surface area contributed by atoms with Gasteiger partial charge in [-0.05, 0) is 30.2 Å². The lowest BCUT2D eigenvalue weighted by atomic mass is 10.0. The van der Waals surface area contributed by atoms with Crippen molar-refractivity contribution in [3.63, 3.8) is 0 Å². The third-order valence-corrected chi connectivity index (χ3v) is 2.62. The highest BCUT2D eigenvalue weighted by Gasteiger charge is 2.10. The van der Waals surface area contributed by atoms with Crippen molar-refractivity contribution in [2.24, 2.45) is 0 Å². The Morgan fingerprint density at radius 3 is 2.80 bits per heavy atom. The summed E-state index contributed by atoms with van der Waals surface area (Å²) in [5.74, 6) is -0.305. The van der Waals surface area contributed by atoms with Gasteiger partial charge in [0.25, 0.3) is 0 Å². The smallest absolute Gasteiger partial charge is 0.309 e. The van der Waals surface area contributed by atoms with E-state index in [9.17, 15) is 4.79 Å². The molecule has 0 spiro atoms. The summed E-state index contributed by atoms with van der Waals surface area (Å²) in [7, 11) is 1.35. The normalized spacial score (nSPS) is 9.47. The lowest BCUT2D eigenvalue weighted by molar-refractivity contribution is -0.139. The lowest BCUT2D eigenvalue weighted by Gasteiger charge is -2.07. The van der Waals surface area contributed by atoms with Gasteiger partial charge in [0.1, 0.15) is 0 Å². The molecule has 0 saturated heterocycles. The van der Waals surface area contributed by atoms with Crippen LogP contribution in [0.3, 0.4) is 0 Å². The van der Waals surface area contributed by atoms with Gasteiger partial charge in [-0.3, -0.25) is 4.79 Å². The van der Waals surface area contributed by atoms with Crippen molar-refractivity contribution in [3.05, 3.63) is 33.3 Å². The van der Waals surface area contributed by atoms with Gasteiger partial charge in [0.2, 0.25) is 0 Å². The number of carbonyl (C=O) groups is 1. The molecule has 4 heteroatoms. The zero-order valence-electron chi connectivity index (χ0n) is 8.50. The highest BCUT2D eigenvalue weighted by molar-refractivity contribution is 9.10. The quantitative estimate of drug-likeness (QED) is 0.773. The number of carbonyl (C=O) groups excluding carboxylic acids is 1. The molecular weight excluding hydrogens is 258 g/mol. The van der Waals surface area contributed by atoms with Crippen molar-refractivity contribution in [1.82, 2.24) is 0 Å². The third-order valence-electron chi connectivity index (χ3n) is 2.16. The van der Waals surface area contributed by atoms with Crippen LogP contribution in [0.5, 0.6) is 0 Å². The molecular formula is C11H10BrNO2. The number of ether oxygens (including phenoxy) is 1. The van der Waals surface area contributed by atoms with Crippen molar-refractivity contribution in [3.8, 4) is 6.07 Å². The minimum absolute atomic E-state index is 0.191.